The van der Waals surface area contributed by atoms with E-state index in [-0.39, 0.29) is 6.04 Å². The maximum Gasteiger partial charge on any atom is 0.0773 e. The molecule has 3 heterocycles. The molecule has 0 bridgehead atoms. The monoisotopic (exact) mass is 639 g/mol. The zero-order valence-corrected chi connectivity index (χ0v) is 27.5. The summed E-state index contributed by atoms with van der Waals surface area (Å²) in [5.74, 6) is 0. The van der Waals surface area contributed by atoms with Gasteiger partial charge in [0.1, 0.15) is 0 Å². The molecule has 3 heteroatoms. The molecule has 0 saturated heterocycles. The highest BCUT2D eigenvalue weighted by atomic mass is 14.9. The van der Waals surface area contributed by atoms with Crippen LogP contribution in [0.1, 0.15) is 46.0 Å². The van der Waals surface area contributed by atoms with Gasteiger partial charge in [0.25, 0.3) is 0 Å². The molecule has 8 aromatic rings. The number of hydrogen-bond acceptors (Lipinski definition) is 3. The summed E-state index contributed by atoms with van der Waals surface area (Å²) in [4.78, 5) is 9.94. The van der Waals surface area contributed by atoms with Gasteiger partial charge < -0.3 is 5.32 Å². The Morgan fingerprint density at radius 1 is 0.520 bits per heavy atom. The molecule has 0 radical (unpaired) electrons. The quantitative estimate of drug-likeness (QED) is 0.195. The van der Waals surface area contributed by atoms with Crippen molar-refractivity contribution in [2.45, 2.75) is 18.9 Å². The van der Waals surface area contributed by atoms with Gasteiger partial charge >= 0.3 is 0 Å². The van der Waals surface area contributed by atoms with E-state index in [4.69, 9.17) is 9.97 Å². The molecule has 1 aliphatic carbocycles. The van der Waals surface area contributed by atoms with Crippen LogP contribution in [0.5, 0.6) is 0 Å². The molecule has 3 nitrogen and oxygen atoms in total. The van der Waals surface area contributed by atoms with Crippen LogP contribution in [0.15, 0.2) is 152 Å². The van der Waals surface area contributed by atoms with Gasteiger partial charge in [-0.3, -0.25) is 0 Å². The molecule has 1 N–H and O–H groups in total. The van der Waals surface area contributed by atoms with Gasteiger partial charge in [0.2, 0.25) is 0 Å². The van der Waals surface area contributed by atoms with Crippen LogP contribution in [0, 0.1) is 0 Å². The summed E-state index contributed by atoms with van der Waals surface area (Å²) in [7, 11) is 0. The second-order valence-corrected chi connectivity index (χ2v) is 13.3. The summed E-state index contributed by atoms with van der Waals surface area (Å²) in [5.41, 5.74) is 16.5. The normalized spacial score (nSPS) is 15.0. The summed E-state index contributed by atoms with van der Waals surface area (Å²) in [5, 5.41) is 7.49. The predicted molar refractivity (Wildman–Crippen MR) is 209 cm³/mol. The first kappa shape index (κ1) is 28.7. The van der Waals surface area contributed by atoms with Crippen molar-refractivity contribution in [2.24, 2.45) is 0 Å². The number of rotatable bonds is 4. The van der Waals surface area contributed by atoms with Crippen LogP contribution in [-0.2, 0) is 6.42 Å². The third-order valence-electron chi connectivity index (χ3n) is 10.4. The minimum absolute atomic E-state index is 0.0269. The predicted octanol–water partition coefficient (Wildman–Crippen LogP) is 11.4. The SMILES string of the molecule is C1=Cc2nc3ccccc3c(-c3ccc(C4NC(c5ccc(-c6c7ccccc7nc7ccccc67)cc5)=Cc5ccccc54)cc3)c2CC1. The Morgan fingerprint density at radius 3 is 1.80 bits per heavy atom. The maximum absolute atomic E-state index is 5.00. The van der Waals surface area contributed by atoms with E-state index in [0.717, 1.165) is 46.3 Å². The standard InChI is InChI=1S/C47H33N3/c1-2-12-35-34(11-1)29-44(30-21-23-31(24-22-30)45-36-13-3-7-17-40(36)48-41-18-8-4-14-37(41)45)50-47(35)33-27-25-32(26-28-33)46-38-15-5-9-19-42(38)49-43-20-10-6-16-39(43)46/h1-5,7-15,17-29,47,50H,6,16H2. The minimum atomic E-state index is 0.0269. The number of hydrogen-bond donors (Lipinski definition) is 1. The fraction of sp³-hybridized carbons (Fsp3) is 0.0638. The van der Waals surface area contributed by atoms with Gasteiger partial charge in [-0.15, -0.1) is 0 Å². The Bertz CT molecular complexity index is 2610. The molecule has 0 amide bonds. The average molecular weight is 640 g/mol. The minimum Gasteiger partial charge on any atom is -0.374 e. The molecule has 2 aliphatic rings. The molecule has 1 aliphatic heterocycles. The zero-order chi connectivity index (χ0) is 33.0. The highest BCUT2D eigenvalue weighted by Gasteiger charge is 2.24. The van der Waals surface area contributed by atoms with Crippen molar-refractivity contribution in [1.29, 1.82) is 0 Å². The molecule has 0 saturated carbocycles. The van der Waals surface area contributed by atoms with Gasteiger partial charge in [0.15, 0.2) is 0 Å². The van der Waals surface area contributed by atoms with E-state index in [1.165, 1.54) is 60.7 Å². The number of benzene rings is 6. The number of aromatic nitrogens is 2. The molecule has 6 aromatic carbocycles. The van der Waals surface area contributed by atoms with Crippen LogP contribution >= 0.6 is 0 Å². The van der Waals surface area contributed by atoms with Gasteiger partial charge in [-0.2, -0.15) is 0 Å². The fourth-order valence-corrected chi connectivity index (χ4v) is 7.99. The van der Waals surface area contributed by atoms with Crippen molar-refractivity contribution in [2.75, 3.05) is 0 Å². The van der Waals surface area contributed by atoms with E-state index in [1.54, 1.807) is 0 Å². The van der Waals surface area contributed by atoms with Crippen LogP contribution in [0.3, 0.4) is 0 Å². The van der Waals surface area contributed by atoms with E-state index in [0.29, 0.717) is 0 Å². The van der Waals surface area contributed by atoms with Gasteiger partial charge in [0.05, 0.1) is 28.3 Å². The van der Waals surface area contributed by atoms with Crippen molar-refractivity contribution >= 4 is 50.6 Å². The number of pyridine rings is 2. The number of nitrogens with zero attached hydrogens (tertiary/aromatic N) is 2. The first-order chi connectivity index (χ1) is 24.8. The smallest absolute Gasteiger partial charge is 0.0773 e. The van der Waals surface area contributed by atoms with Crippen LogP contribution in [0.4, 0.5) is 0 Å². The first-order valence-corrected chi connectivity index (χ1v) is 17.4. The molecule has 0 fully saturated rings. The number of para-hydroxylation sites is 3. The van der Waals surface area contributed by atoms with Crippen molar-refractivity contribution < 1.29 is 0 Å². The summed E-state index contributed by atoms with van der Waals surface area (Å²) >= 11 is 0. The van der Waals surface area contributed by atoms with Crippen molar-refractivity contribution in [3.8, 4) is 22.3 Å². The summed E-state index contributed by atoms with van der Waals surface area (Å²) < 4.78 is 0. The number of nitrogens with one attached hydrogen (secondary N) is 1. The lowest BCUT2D eigenvalue weighted by atomic mass is 9.86. The van der Waals surface area contributed by atoms with E-state index >= 15 is 0 Å². The average Bonchev–Trinajstić information content (AvgIpc) is 3.19. The van der Waals surface area contributed by atoms with Gasteiger partial charge in [0, 0.05) is 27.4 Å². The van der Waals surface area contributed by atoms with Gasteiger partial charge in [-0.25, -0.2) is 9.97 Å². The number of fused-ring (bicyclic) bond motifs is 5. The summed E-state index contributed by atoms with van der Waals surface area (Å²) in [6.45, 7) is 0. The summed E-state index contributed by atoms with van der Waals surface area (Å²) in [6.07, 6.45) is 8.78. The second kappa shape index (κ2) is 11.7. The molecule has 1 atom stereocenters. The highest BCUT2D eigenvalue weighted by Crippen LogP contribution is 2.40. The Balaban J connectivity index is 1.02. The Kier molecular flexibility index (Phi) is 6.70. The second-order valence-electron chi connectivity index (χ2n) is 13.3. The molecule has 2 aromatic heterocycles. The third kappa shape index (κ3) is 4.74. The van der Waals surface area contributed by atoms with E-state index in [9.17, 15) is 0 Å². The van der Waals surface area contributed by atoms with Crippen molar-refractivity contribution in [3.05, 3.63) is 185 Å². The van der Waals surface area contributed by atoms with Crippen LogP contribution in [0.25, 0.3) is 72.8 Å². The fourth-order valence-electron chi connectivity index (χ4n) is 7.99. The molecule has 10 rings (SSSR count). The molecular weight excluding hydrogens is 607 g/mol. The Labute approximate surface area is 291 Å². The van der Waals surface area contributed by atoms with Gasteiger partial charge in [-0.05, 0) is 87.7 Å². The lowest BCUT2D eigenvalue weighted by Gasteiger charge is -2.29. The van der Waals surface area contributed by atoms with E-state index in [2.05, 4.69) is 169 Å². The first-order valence-electron chi connectivity index (χ1n) is 17.4. The molecule has 1 unspecified atom stereocenters. The largest absolute Gasteiger partial charge is 0.374 e. The topological polar surface area (TPSA) is 37.8 Å². The zero-order valence-electron chi connectivity index (χ0n) is 27.5. The van der Waals surface area contributed by atoms with Crippen molar-refractivity contribution in [1.82, 2.24) is 15.3 Å². The Morgan fingerprint density at radius 2 is 1.08 bits per heavy atom. The lowest BCUT2D eigenvalue weighted by molar-refractivity contribution is 0.737. The number of allylic oxidation sites excluding steroid dienone is 1. The van der Waals surface area contributed by atoms with Crippen LogP contribution < -0.4 is 5.32 Å². The van der Waals surface area contributed by atoms with Crippen LogP contribution in [0.2, 0.25) is 0 Å². The lowest BCUT2D eigenvalue weighted by Crippen LogP contribution is -2.25. The maximum atomic E-state index is 5.00. The van der Waals surface area contributed by atoms with E-state index < -0.39 is 0 Å². The molecular formula is C47H33N3. The Hall–Kier alpha value is -6.32. The summed E-state index contributed by atoms with van der Waals surface area (Å²) in [6, 6.07) is 52.4. The molecule has 236 valence electrons. The van der Waals surface area contributed by atoms with Crippen molar-refractivity contribution in [3.63, 3.8) is 0 Å². The molecule has 0 spiro atoms. The van der Waals surface area contributed by atoms with E-state index in [1.807, 2.05) is 0 Å². The third-order valence-corrected chi connectivity index (χ3v) is 10.4. The van der Waals surface area contributed by atoms with Gasteiger partial charge in [-0.1, -0.05) is 133 Å². The molecule has 50 heavy (non-hydrogen) atoms. The highest BCUT2D eigenvalue weighted by molar-refractivity contribution is 6.09. The van der Waals surface area contributed by atoms with Crippen LogP contribution in [-0.4, -0.2) is 9.97 Å².